The Labute approximate surface area is 134 Å². The Morgan fingerprint density at radius 2 is 1.95 bits per heavy atom. The van der Waals surface area contributed by atoms with E-state index in [2.05, 4.69) is 0 Å². The van der Waals surface area contributed by atoms with Gasteiger partial charge in [-0.05, 0) is 36.1 Å². The molecular formula is C16H17NO2S2. The molecule has 0 aliphatic carbocycles. The smallest absolute Gasteiger partial charge is 0.133 e. The summed E-state index contributed by atoms with van der Waals surface area (Å²) in [6, 6.07) is 13.7. The zero-order chi connectivity index (χ0) is 15.2. The Kier molecular flexibility index (Phi) is 5.47. The Morgan fingerprint density at radius 3 is 2.62 bits per heavy atom. The quantitative estimate of drug-likeness (QED) is 0.650. The van der Waals surface area contributed by atoms with Crippen molar-refractivity contribution in [2.75, 3.05) is 13.4 Å². The topological polar surface area (TPSA) is 44.5 Å². The molecule has 0 unspecified atom stereocenters. The van der Waals surface area contributed by atoms with Gasteiger partial charge in [0.1, 0.15) is 23.1 Å². The highest BCUT2D eigenvalue weighted by Gasteiger charge is 2.08. The number of benzene rings is 2. The molecule has 2 aromatic carbocycles. The zero-order valence-electron chi connectivity index (χ0n) is 12.0. The molecule has 0 atom stereocenters. The van der Waals surface area contributed by atoms with Crippen molar-refractivity contribution in [1.29, 1.82) is 0 Å². The van der Waals surface area contributed by atoms with E-state index in [1.807, 2.05) is 48.7 Å². The highest BCUT2D eigenvalue weighted by atomic mass is 32.2. The van der Waals surface area contributed by atoms with Crippen LogP contribution < -0.4 is 15.2 Å². The molecule has 0 saturated heterocycles. The molecule has 0 radical (unpaired) electrons. The second-order valence-corrected chi connectivity index (χ2v) is 5.63. The molecule has 0 bridgehead atoms. The summed E-state index contributed by atoms with van der Waals surface area (Å²) in [6.07, 6.45) is 2.03. The predicted octanol–water partition coefficient (Wildman–Crippen LogP) is 3.63. The number of thiocarbonyl (C=S) groups is 1. The maximum Gasteiger partial charge on any atom is 0.133 e. The summed E-state index contributed by atoms with van der Waals surface area (Å²) in [6.45, 7) is 0.464. The molecule has 2 aromatic rings. The first-order valence-electron chi connectivity index (χ1n) is 6.38. The van der Waals surface area contributed by atoms with E-state index >= 15 is 0 Å². The van der Waals surface area contributed by atoms with Crippen molar-refractivity contribution in [1.82, 2.24) is 0 Å². The van der Waals surface area contributed by atoms with Crippen LogP contribution in [0.2, 0.25) is 0 Å². The Bertz CT molecular complexity index is 644. The molecule has 2 N–H and O–H groups in total. The molecule has 21 heavy (non-hydrogen) atoms. The highest BCUT2D eigenvalue weighted by Crippen LogP contribution is 2.28. The van der Waals surface area contributed by atoms with E-state index in [0.29, 0.717) is 17.3 Å². The normalized spacial score (nSPS) is 10.2. The summed E-state index contributed by atoms with van der Waals surface area (Å²) in [5, 5.41) is 0. The van der Waals surface area contributed by atoms with Crippen molar-refractivity contribution in [3.05, 3.63) is 53.6 Å². The summed E-state index contributed by atoms with van der Waals surface area (Å²) < 4.78 is 11.2. The Hall–Kier alpha value is -1.72. The lowest BCUT2D eigenvalue weighted by Crippen LogP contribution is -2.11. The molecule has 0 aromatic heterocycles. The van der Waals surface area contributed by atoms with E-state index in [4.69, 9.17) is 27.4 Å². The van der Waals surface area contributed by atoms with Gasteiger partial charge in [-0.25, -0.2) is 0 Å². The maximum atomic E-state index is 5.87. The van der Waals surface area contributed by atoms with Gasteiger partial charge in [0, 0.05) is 4.90 Å². The van der Waals surface area contributed by atoms with Crippen LogP contribution in [0.15, 0.2) is 47.4 Å². The third-order valence-corrected chi connectivity index (χ3v) is 3.99. The summed E-state index contributed by atoms with van der Waals surface area (Å²) in [5.41, 5.74) is 7.40. The average molecular weight is 319 g/mol. The lowest BCUT2D eigenvalue weighted by Gasteiger charge is -2.12. The monoisotopic (exact) mass is 319 g/mol. The molecule has 5 heteroatoms. The Balaban J connectivity index is 2.15. The number of hydrogen-bond donors (Lipinski definition) is 1. The first-order chi connectivity index (χ1) is 10.2. The highest BCUT2D eigenvalue weighted by molar-refractivity contribution is 7.98. The third-order valence-electron chi connectivity index (χ3n) is 2.99. The maximum absolute atomic E-state index is 5.87. The fourth-order valence-electron chi connectivity index (χ4n) is 1.93. The standard InChI is InChI=1S/C16H17NO2S2/c1-18-14-9-11(7-8-12(14)16(17)20)10-19-13-5-3-4-6-15(13)21-2/h3-9H,10H2,1-2H3,(H2,17,20). The number of rotatable bonds is 6. The summed E-state index contributed by atoms with van der Waals surface area (Å²) in [7, 11) is 1.60. The van der Waals surface area contributed by atoms with Gasteiger partial charge in [-0.2, -0.15) is 0 Å². The van der Waals surface area contributed by atoms with Gasteiger partial charge in [0.15, 0.2) is 0 Å². The van der Waals surface area contributed by atoms with Crippen LogP contribution in [0.5, 0.6) is 11.5 Å². The number of ether oxygens (including phenoxy) is 2. The van der Waals surface area contributed by atoms with Gasteiger partial charge in [-0.15, -0.1) is 11.8 Å². The SMILES string of the molecule is COc1cc(COc2ccccc2SC)ccc1C(N)=S. The van der Waals surface area contributed by atoms with Gasteiger partial charge in [-0.1, -0.05) is 30.4 Å². The number of para-hydroxylation sites is 1. The minimum atomic E-state index is 0.326. The second-order valence-electron chi connectivity index (χ2n) is 4.34. The van der Waals surface area contributed by atoms with Crippen LogP contribution in [0.3, 0.4) is 0 Å². The first kappa shape index (κ1) is 15.7. The fourth-order valence-corrected chi connectivity index (χ4v) is 2.64. The molecule has 0 heterocycles. The van der Waals surface area contributed by atoms with Crippen LogP contribution in [-0.2, 0) is 6.61 Å². The summed E-state index contributed by atoms with van der Waals surface area (Å²) in [4.78, 5) is 1.44. The zero-order valence-corrected chi connectivity index (χ0v) is 13.6. The van der Waals surface area contributed by atoms with Crippen molar-refractivity contribution in [3.63, 3.8) is 0 Å². The van der Waals surface area contributed by atoms with Crippen LogP contribution in [0, 0.1) is 0 Å². The van der Waals surface area contributed by atoms with Gasteiger partial charge >= 0.3 is 0 Å². The second kappa shape index (κ2) is 7.33. The van der Waals surface area contributed by atoms with Gasteiger partial charge in [-0.3, -0.25) is 0 Å². The lowest BCUT2D eigenvalue weighted by molar-refractivity contribution is 0.298. The van der Waals surface area contributed by atoms with Gasteiger partial charge < -0.3 is 15.2 Å². The van der Waals surface area contributed by atoms with E-state index in [9.17, 15) is 0 Å². The van der Waals surface area contributed by atoms with E-state index in [-0.39, 0.29) is 0 Å². The molecule has 0 spiro atoms. The molecule has 0 aliphatic rings. The third kappa shape index (κ3) is 3.89. The first-order valence-corrected chi connectivity index (χ1v) is 8.01. The summed E-state index contributed by atoms with van der Waals surface area (Å²) >= 11 is 6.66. The Morgan fingerprint density at radius 1 is 1.19 bits per heavy atom. The van der Waals surface area contributed by atoms with Crippen molar-refractivity contribution in [2.45, 2.75) is 11.5 Å². The molecule has 0 saturated carbocycles. The molecule has 0 fully saturated rings. The minimum Gasteiger partial charge on any atom is -0.496 e. The van der Waals surface area contributed by atoms with E-state index in [0.717, 1.165) is 21.8 Å². The van der Waals surface area contributed by atoms with Gasteiger partial charge in [0.25, 0.3) is 0 Å². The van der Waals surface area contributed by atoms with Crippen LogP contribution >= 0.6 is 24.0 Å². The van der Waals surface area contributed by atoms with Crippen LogP contribution in [-0.4, -0.2) is 18.4 Å². The van der Waals surface area contributed by atoms with Crippen molar-refractivity contribution in [3.8, 4) is 11.5 Å². The van der Waals surface area contributed by atoms with E-state index in [1.54, 1.807) is 18.9 Å². The molecule has 0 amide bonds. The van der Waals surface area contributed by atoms with Gasteiger partial charge in [0.05, 0.1) is 12.7 Å². The predicted molar refractivity (Wildman–Crippen MR) is 91.4 cm³/mol. The minimum absolute atomic E-state index is 0.326. The van der Waals surface area contributed by atoms with Crippen molar-refractivity contribution < 1.29 is 9.47 Å². The van der Waals surface area contributed by atoms with Crippen molar-refractivity contribution >= 4 is 29.0 Å². The fraction of sp³-hybridized carbons (Fsp3) is 0.188. The lowest BCUT2D eigenvalue weighted by atomic mass is 10.1. The molecule has 0 aliphatic heterocycles. The number of thioether (sulfide) groups is 1. The molecule has 110 valence electrons. The molecule has 3 nitrogen and oxygen atoms in total. The van der Waals surface area contributed by atoms with E-state index in [1.165, 1.54) is 0 Å². The largest absolute Gasteiger partial charge is 0.496 e. The number of methoxy groups -OCH3 is 1. The van der Waals surface area contributed by atoms with Crippen molar-refractivity contribution in [2.24, 2.45) is 5.73 Å². The van der Waals surface area contributed by atoms with Crippen LogP contribution in [0.25, 0.3) is 0 Å². The van der Waals surface area contributed by atoms with E-state index < -0.39 is 0 Å². The molecule has 2 rings (SSSR count). The van der Waals surface area contributed by atoms with Crippen LogP contribution in [0.4, 0.5) is 0 Å². The molecular weight excluding hydrogens is 302 g/mol. The number of nitrogens with two attached hydrogens (primary N) is 1. The van der Waals surface area contributed by atoms with Gasteiger partial charge in [0.2, 0.25) is 0 Å². The number of hydrogen-bond acceptors (Lipinski definition) is 4. The van der Waals surface area contributed by atoms with Crippen LogP contribution in [0.1, 0.15) is 11.1 Å². The summed E-state index contributed by atoms with van der Waals surface area (Å²) in [5.74, 6) is 1.55. The average Bonchev–Trinajstić information content (AvgIpc) is 2.52.